The number of halogens is 2. The fraction of sp³-hybridized carbons (Fsp3) is 0.857. The number of fused-ring (bicyclic) bond motifs is 1. The Labute approximate surface area is 106 Å². The predicted octanol–water partition coefficient (Wildman–Crippen LogP) is 3.10. The number of carbonyl (C=O) groups excluding carboxylic acids is 2. The zero-order valence-electron chi connectivity index (χ0n) is 11.1. The van der Waals surface area contributed by atoms with Crippen LogP contribution in [-0.2, 0) is 9.59 Å². The lowest BCUT2D eigenvalue weighted by atomic mass is 9.78. The van der Waals surface area contributed by atoms with E-state index in [4.69, 9.17) is 0 Å². The molecule has 0 N–H and O–H groups in total. The molecular formula is C14H20F2O2. The highest BCUT2D eigenvalue weighted by molar-refractivity contribution is 5.88. The van der Waals surface area contributed by atoms with Gasteiger partial charge in [0, 0.05) is 30.1 Å². The molecule has 0 radical (unpaired) electrons. The lowest BCUT2D eigenvalue weighted by Crippen LogP contribution is -2.29. The highest BCUT2D eigenvalue weighted by Gasteiger charge is 2.72. The van der Waals surface area contributed by atoms with Gasteiger partial charge in [0.25, 0.3) is 5.92 Å². The Morgan fingerprint density at radius 2 is 1.72 bits per heavy atom. The minimum Gasteiger partial charge on any atom is -0.300 e. The van der Waals surface area contributed by atoms with Crippen LogP contribution in [-0.4, -0.2) is 17.5 Å². The zero-order valence-corrected chi connectivity index (χ0v) is 11.1. The standard InChI is InChI=1S/C14H20F2O2/c1-7(2)13(18)10(4-8(3)17)9-5-11-12(6-9)14(11,15)16/h7,9-12H,4-6H2,1-3H3/t9?,10?,11-,12+. The van der Waals surface area contributed by atoms with Crippen LogP contribution in [0.5, 0.6) is 0 Å². The van der Waals surface area contributed by atoms with Gasteiger partial charge in [-0.25, -0.2) is 8.78 Å². The van der Waals surface area contributed by atoms with Crippen molar-refractivity contribution in [3.05, 3.63) is 0 Å². The molecule has 0 spiro atoms. The SMILES string of the molecule is CC(=O)CC(C(=O)C(C)C)C1C[C@@H]2[C@H](C1)C2(F)F. The van der Waals surface area contributed by atoms with Crippen molar-refractivity contribution >= 4 is 11.6 Å². The third-order valence-electron chi connectivity index (χ3n) is 4.49. The van der Waals surface area contributed by atoms with Crippen molar-refractivity contribution in [2.24, 2.45) is 29.6 Å². The molecule has 0 saturated heterocycles. The first-order valence-electron chi connectivity index (χ1n) is 6.66. The first-order chi connectivity index (χ1) is 8.25. The number of rotatable bonds is 5. The van der Waals surface area contributed by atoms with Crippen LogP contribution in [0.4, 0.5) is 8.78 Å². The quantitative estimate of drug-likeness (QED) is 0.759. The van der Waals surface area contributed by atoms with Crippen LogP contribution in [0.25, 0.3) is 0 Å². The van der Waals surface area contributed by atoms with Gasteiger partial charge in [-0.15, -0.1) is 0 Å². The van der Waals surface area contributed by atoms with E-state index < -0.39 is 17.8 Å². The van der Waals surface area contributed by atoms with Crippen LogP contribution in [0.2, 0.25) is 0 Å². The molecule has 0 heterocycles. The first kappa shape index (κ1) is 13.6. The largest absolute Gasteiger partial charge is 0.300 e. The van der Waals surface area contributed by atoms with E-state index in [1.54, 1.807) is 13.8 Å². The molecule has 0 aliphatic heterocycles. The van der Waals surface area contributed by atoms with Crippen molar-refractivity contribution in [2.45, 2.75) is 46.0 Å². The third kappa shape index (κ3) is 2.21. The molecule has 2 aliphatic rings. The van der Waals surface area contributed by atoms with Crippen LogP contribution < -0.4 is 0 Å². The molecule has 2 fully saturated rings. The van der Waals surface area contributed by atoms with Crippen molar-refractivity contribution < 1.29 is 18.4 Å². The summed E-state index contributed by atoms with van der Waals surface area (Å²) in [5.74, 6) is -4.02. The van der Waals surface area contributed by atoms with E-state index in [0.717, 1.165) is 0 Å². The molecule has 2 saturated carbocycles. The molecule has 0 bridgehead atoms. The first-order valence-corrected chi connectivity index (χ1v) is 6.66. The highest BCUT2D eigenvalue weighted by atomic mass is 19.3. The lowest BCUT2D eigenvalue weighted by Gasteiger charge is -2.25. The van der Waals surface area contributed by atoms with Gasteiger partial charge in [-0.2, -0.15) is 0 Å². The van der Waals surface area contributed by atoms with Gasteiger partial charge in [0.15, 0.2) is 0 Å². The Morgan fingerprint density at radius 1 is 1.22 bits per heavy atom. The van der Waals surface area contributed by atoms with Crippen LogP contribution in [0.15, 0.2) is 0 Å². The molecule has 2 unspecified atom stereocenters. The second-order valence-corrected chi connectivity index (χ2v) is 6.19. The molecule has 4 heteroatoms. The summed E-state index contributed by atoms with van der Waals surface area (Å²) >= 11 is 0. The van der Waals surface area contributed by atoms with Gasteiger partial charge >= 0.3 is 0 Å². The minimum atomic E-state index is -2.50. The molecule has 0 amide bonds. The molecule has 4 atom stereocenters. The van der Waals surface area contributed by atoms with E-state index in [1.165, 1.54) is 6.92 Å². The van der Waals surface area contributed by atoms with E-state index >= 15 is 0 Å². The molecule has 0 aromatic heterocycles. The fourth-order valence-electron chi connectivity index (χ4n) is 3.42. The molecule has 0 aromatic rings. The van der Waals surface area contributed by atoms with Crippen molar-refractivity contribution in [2.75, 3.05) is 0 Å². The van der Waals surface area contributed by atoms with Crippen LogP contribution >= 0.6 is 0 Å². The van der Waals surface area contributed by atoms with Gasteiger partial charge in [0.2, 0.25) is 0 Å². The van der Waals surface area contributed by atoms with Crippen LogP contribution in [0.3, 0.4) is 0 Å². The summed E-state index contributed by atoms with van der Waals surface area (Å²) in [4.78, 5) is 23.4. The van der Waals surface area contributed by atoms with Gasteiger partial charge in [-0.1, -0.05) is 13.8 Å². The smallest absolute Gasteiger partial charge is 0.254 e. The van der Waals surface area contributed by atoms with E-state index in [2.05, 4.69) is 0 Å². The summed E-state index contributed by atoms with van der Waals surface area (Å²) in [6, 6.07) is 0. The average molecular weight is 258 g/mol. The normalized spacial score (nSPS) is 34.2. The number of carbonyl (C=O) groups is 2. The predicted molar refractivity (Wildman–Crippen MR) is 63.3 cm³/mol. The monoisotopic (exact) mass is 258 g/mol. The molecule has 18 heavy (non-hydrogen) atoms. The average Bonchev–Trinajstić information content (AvgIpc) is 2.68. The summed E-state index contributed by atoms with van der Waals surface area (Å²) in [5.41, 5.74) is 0. The second kappa shape index (κ2) is 4.39. The Hall–Kier alpha value is -0.800. The topological polar surface area (TPSA) is 34.1 Å². The number of alkyl halides is 2. The number of Topliss-reactive ketones (excluding diaryl/α,β-unsaturated/α-hetero) is 2. The maximum atomic E-state index is 13.1. The lowest BCUT2D eigenvalue weighted by molar-refractivity contribution is -0.131. The number of hydrogen-bond acceptors (Lipinski definition) is 2. The molecule has 2 rings (SSSR count). The zero-order chi connectivity index (χ0) is 13.7. The Bertz CT molecular complexity index is 362. The van der Waals surface area contributed by atoms with Crippen molar-refractivity contribution in [1.29, 1.82) is 0 Å². The summed E-state index contributed by atoms with van der Waals surface area (Å²) in [6.45, 7) is 5.07. The minimum absolute atomic E-state index is 0.0153. The molecule has 2 aliphatic carbocycles. The number of hydrogen-bond donors (Lipinski definition) is 0. The van der Waals surface area contributed by atoms with Crippen LogP contribution in [0.1, 0.15) is 40.0 Å². The fourth-order valence-corrected chi connectivity index (χ4v) is 3.42. The maximum absolute atomic E-state index is 13.1. The van der Waals surface area contributed by atoms with E-state index in [1.807, 2.05) is 0 Å². The van der Waals surface area contributed by atoms with E-state index in [0.29, 0.717) is 12.8 Å². The van der Waals surface area contributed by atoms with Gasteiger partial charge in [-0.3, -0.25) is 4.79 Å². The molecule has 0 aromatic carbocycles. The Morgan fingerprint density at radius 3 is 2.11 bits per heavy atom. The van der Waals surface area contributed by atoms with Crippen LogP contribution in [0, 0.1) is 29.6 Å². The maximum Gasteiger partial charge on any atom is 0.254 e. The molecule has 2 nitrogen and oxygen atoms in total. The van der Waals surface area contributed by atoms with Gasteiger partial charge in [-0.05, 0) is 25.7 Å². The number of ketones is 2. The van der Waals surface area contributed by atoms with Gasteiger partial charge in [0.05, 0.1) is 0 Å². The third-order valence-corrected chi connectivity index (χ3v) is 4.49. The Kier molecular flexibility index (Phi) is 3.32. The van der Waals surface area contributed by atoms with Gasteiger partial charge in [0.1, 0.15) is 11.6 Å². The highest BCUT2D eigenvalue weighted by Crippen LogP contribution is 2.66. The van der Waals surface area contributed by atoms with E-state index in [-0.39, 0.29) is 35.7 Å². The molecule has 102 valence electrons. The van der Waals surface area contributed by atoms with Crippen molar-refractivity contribution in [3.63, 3.8) is 0 Å². The second-order valence-electron chi connectivity index (χ2n) is 6.19. The summed E-state index contributed by atoms with van der Waals surface area (Å²) in [5, 5.41) is 0. The summed E-state index contributed by atoms with van der Waals surface area (Å²) in [7, 11) is 0. The summed E-state index contributed by atoms with van der Waals surface area (Å²) < 4.78 is 26.3. The summed E-state index contributed by atoms with van der Waals surface area (Å²) in [6.07, 6.45) is 1.04. The van der Waals surface area contributed by atoms with E-state index in [9.17, 15) is 18.4 Å². The van der Waals surface area contributed by atoms with Crippen molar-refractivity contribution in [3.8, 4) is 0 Å². The molecular weight excluding hydrogens is 238 g/mol. The Balaban J connectivity index is 2.03. The van der Waals surface area contributed by atoms with Gasteiger partial charge < -0.3 is 4.79 Å². The van der Waals surface area contributed by atoms with Crippen molar-refractivity contribution in [1.82, 2.24) is 0 Å².